The Kier molecular flexibility index (Phi) is 4.07. The van der Waals surface area contributed by atoms with Crippen LogP contribution in [-0.4, -0.2) is 42.5 Å². The maximum absolute atomic E-state index is 12.7. The maximum atomic E-state index is 12.7. The number of thiophene rings is 1. The predicted molar refractivity (Wildman–Crippen MR) is 86.6 cm³/mol. The standard InChI is InChI=1S/C15H20N4OS/c1-17-8-10-4-3-7-19(9-10)15(20)13-12(16)11-5-2-6-18-14(11)21-13/h2,5-6,10,17H,3-4,7-9,16H2,1H3. The zero-order valence-electron chi connectivity index (χ0n) is 12.1. The first-order chi connectivity index (χ1) is 10.2. The molecule has 1 atom stereocenters. The zero-order chi connectivity index (χ0) is 14.8. The number of nitrogens with one attached hydrogen (secondary N) is 1. The van der Waals surface area contributed by atoms with Crippen molar-refractivity contribution in [1.82, 2.24) is 15.2 Å². The van der Waals surface area contributed by atoms with Gasteiger partial charge >= 0.3 is 0 Å². The number of hydrogen-bond acceptors (Lipinski definition) is 5. The lowest BCUT2D eigenvalue weighted by Gasteiger charge is -2.32. The van der Waals surface area contributed by atoms with Crippen molar-refractivity contribution in [2.45, 2.75) is 12.8 Å². The molecule has 0 spiro atoms. The Hall–Kier alpha value is -1.66. The first-order valence-corrected chi connectivity index (χ1v) is 8.09. The van der Waals surface area contributed by atoms with Crippen molar-refractivity contribution in [1.29, 1.82) is 0 Å². The summed E-state index contributed by atoms with van der Waals surface area (Å²) in [6, 6.07) is 3.77. The van der Waals surface area contributed by atoms with Gasteiger partial charge < -0.3 is 16.0 Å². The minimum atomic E-state index is 0.0521. The van der Waals surface area contributed by atoms with Gasteiger partial charge in [0, 0.05) is 24.7 Å². The van der Waals surface area contributed by atoms with Gasteiger partial charge in [0.1, 0.15) is 9.71 Å². The quantitative estimate of drug-likeness (QED) is 0.909. The number of carbonyl (C=O) groups excluding carboxylic acids is 1. The largest absolute Gasteiger partial charge is 0.397 e. The highest BCUT2D eigenvalue weighted by Crippen LogP contribution is 2.33. The van der Waals surface area contributed by atoms with Gasteiger partial charge in [-0.15, -0.1) is 11.3 Å². The summed E-state index contributed by atoms with van der Waals surface area (Å²) in [5.74, 6) is 0.581. The molecule has 3 N–H and O–H groups in total. The van der Waals surface area contributed by atoms with Crippen LogP contribution in [0.3, 0.4) is 0 Å². The van der Waals surface area contributed by atoms with Gasteiger partial charge in [-0.1, -0.05) is 0 Å². The molecule has 112 valence electrons. The Morgan fingerprint density at radius 1 is 1.62 bits per heavy atom. The second-order valence-electron chi connectivity index (χ2n) is 5.52. The molecule has 3 heterocycles. The van der Waals surface area contributed by atoms with Crippen molar-refractivity contribution in [2.75, 3.05) is 32.4 Å². The molecule has 1 aliphatic heterocycles. The van der Waals surface area contributed by atoms with Crippen LogP contribution in [0.4, 0.5) is 5.69 Å². The minimum Gasteiger partial charge on any atom is -0.397 e. The summed E-state index contributed by atoms with van der Waals surface area (Å²) in [6.07, 6.45) is 3.96. The van der Waals surface area contributed by atoms with Gasteiger partial charge in [0.2, 0.25) is 0 Å². The highest BCUT2D eigenvalue weighted by atomic mass is 32.1. The molecule has 3 rings (SSSR count). The highest BCUT2D eigenvalue weighted by Gasteiger charge is 2.27. The molecule has 1 aliphatic rings. The van der Waals surface area contributed by atoms with E-state index in [9.17, 15) is 4.79 Å². The molecule has 0 radical (unpaired) electrons. The smallest absolute Gasteiger partial charge is 0.266 e. The van der Waals surface area contributed by atoms with E-state index < -0.39 is 0 Å². The molecular formula is C15H20N4OS. The van der Waals surface area contributed by atoms with Crippen molar-refractivity contribution < 1.29 is 4.79 Å². The minimum absolute atomic E-state index is 0.0521. The molecule has 0 aromatic carbocycles. The molecular weight excluding hydrogens is 284 g/mol. The van der Waals surface area contributed by atoms with Crippen molar-refractivity contribution in [2.24, 2.45) is 5.92 Å². The third-order valence-electron chi connectivity index (χ3n) is 4.00. The van der Waals surface area contributed by atoms with Gasteiger partial charge in [0.05, 0.1) is 5.69 Å². The summed E-state index contributed by atoms with van der Waals surface area (Å²) in [6.45, 7) is 2.58. The van der Waals surface area contributed by atoms with Crippen molar-refractivity contribution >= 4 is 33.1 Å². The Morgan fingerprint density at radius 3 is 3.24 bits per heavy atom. The number of carbonyl (C=O) groups is 1. The van der Waals surface area contributed by atoms with Crippen LogP contribution >= 0.6 is 11.3 Å². The molecule has 0 aliphatic carbocycles. The van der Waals surface area contributed by atoms with E-state index in [0.717, 1.165) is 36.3 Å². The van der Waals surface area contributed by atoms with Crippen molar-refractivity contribution in [3.8, 4) is 0 Å². The number of aromatic nitrogens is 1. The van der Waals surface area contributed by atoms with E-state index in [1.807, 2.05) is 24.1 Å². The zero-order valence-corrected chi connectivity index (χ0v) is 12.9. The average molecular weight is 304 g/mol. The van der Waals surface area contributed by atoms with E-state index in [-0.39, 0.29) is 5.91 Å². The van der Waals surface area contributed by atoms with Gasteiger partial charge in [-0.3, -0.25) is 4.79 Å². The Labute approximate surface area is 128 Å². The summed E-state index contributed by atoms with van der Waals surface area (Å²) in [7, 11) is 1.95. The number of nitrogen functional groups attached to an aromatic ring is 1. The molecule has 1 unspecified atom stereocenters. The number of likely N-dealkylation sites (tertiary alicyclic amines) is 1. The first-order valence-electron chi connectivity index (χ1n) is 7.27. The van der Waals surface area contributed by atoms with E-state index in [2.05, 4.69) is 10.3 Å². The average Bonchev–Trinajstić information content (AvgIpc) is 2.85. The van der Waals surface area contributed by atoms with Crippen LogP contribution in [0.1, 0.15) is 22.5 Å². The van der Waals surface area contributed by atoms with Crippen LogP contribution in [0.5, 0.6) is 0 Å². The lowest BCUT2D eigenvalue weighted by molar-refractivity contribution is 0.0680. The molecule has 1 saturated heterocycles. The molecule has 1 fully saturated rings. The summed E-state index contributed by atoms with van der Waals surface area (Å²) in [4.78, 5) is 20.4. The summed E-state index contributed by atoms with van der Waals surface area (Å²) in [5, 5.41) is 4.08. The molecule has 5 nitrogen and oxygen atoms in total. The first kappa shape index (κ1) is 14.3. The number of pyridine rings is 1. The molecule has 21 heavy (non-hydrogen) atoms. The van der Waals surface area contributed by atoms with E-state index in [1.54, 1.807) is 6.20 Å². The highest BCUT2D eigenvalue weighted by molar-refractivity contribution is 7.21. The number of nitrogens with zero attached hydrogens (tertiary/aromatic N) is 2. The normalized spacial score (nSPS) is 19.1. The number of amides is 1. The molecule has 1 amide bonds. The van der Waals surface area contributed by atoms with Crippen LogP contribution in [0.25, 0.3) is 10.2 Å². The maximum Gasteiger partial charge on any atom is 0.266 e. The van der Waals surface area contributed by atoms with Gasteiger partial charge in [-0.2, -0.15) is 0 Å². The number of piperidine rings is 1. The number of fused-ring (bicyclic) bond motifs is 1. The van der Waals surface area contributed by atoms with Gasteiger partial charge in [-0.05, 0) is 44.5 Å². The lowest BCUT2D eigenvalue weighted by Crippen LogP contribution is -2.42. The van der Waals surface area contributed by atoms with Gasteiger partial charge in [0.25, 0.3) is 5.91 Å². The number of hydrogen-bond donors (Lipinski definition) is 2. The van der Waals surface area contributed by atoms with Crippen molar-refractivity contribution in [3.05, 3.63) is 23.2 Å². The SMILES string of the molecule is CNCC1CCCN(C(=O)c2sc3ncccc3c2N)C1. The molecule has 0 bridgehead atoms. The molecule has 0 saturated carbocycles. The van der Waals surface area contributed by atoms with Crippen LogP contribution in [-0.2, 0) is 0 Å². The fourth-order valence-corrected chi connectivity index (χ4v) is 3.99. The fourth-order valence-electron chi connectivity index (χ4n) is 2.96. The number of nitrogens with two attached hydrogens (primary N) is 1. The number of rotatable bonds is 3. The Bertz CT molecular complexity index is 652. The predicted octanol–water partition coefficient (Wildman–Crippen LogP) is 1.95. The second kappa shape index (κ2) is 5.99. The second-order valence-corrected chi connectivity index (χ2v) is 6.52. The molecule has 2 aromatic rings. The summed E-state index contributed by atoms with van der Waals surface area (Å²) in [5.41, 5.74) is 6.72. The lowest BCUT2D eigenvalue weighted by atomic mass is 9.98. The molecule has 6 heteroatoms. The Morgan fingerprint density at radius 2 is 2.48 bits per heavy atom. The van der Waals surface area contributed by atoms with Crippen LogP contribution in [0, 0.1) is 5.92 Å². The summed E-state index contributed by atoms with van der Waals surface area (Å²) < 4.78 is 0. The molecule has 2 aromatic heterocycles. The monoisotopic (exact) mass is 304 g/mol. The van der Waals surface area contributed by atoms with E-state index in [0.29, 0.717) is 16.5 Å². The van der Waals surface area contributed by atoms with E-state index in [1.165, 1.54) is 17.8 Å². The van der Waals surface area contributed by atoms with Gasteiger partial charge in [-0.25, -0.2) is 4.98 Å². The third-order valence-corrected chi connectivity index (χ3v) is 5.12. The van der Waals surface area contributed by atoms with Crippen LogP contribution < -0.4 is 11.1 Å². The van der Waals surface area contributed by atoms with Gasteiger partial charge in [0.15, 0.2) is 0 Å². The Balaban J connectivity index is 1.84. The van der Waals surface area contributed by atoms with Crippen molar-refractivity contribution in [3.63, 3.8) is 0 Å². The van der Waals surface area contributed by atoms with Crippen LogP contribution in [0.2, 0.25) is 0 Å². The van der Waals surface area contributed by atoms with E-state index in [4.69, 9.17) is 5.73 Å². The summed E-state index contributed by atoms with van der Waals surface area (Å²) >= 11 is 1.40. The fraction of sp³-hybridized carbons (Fsp3) is 0.467. The topological polar surface area (TPSA) is 71.2 Å². The van der Waals surface area contributed by atoms with Crippen LogP contribution in [0.15, 0.2) is 18.3 Å². The third kappa shape index (κ3) is 2.73. The van der Waals surface area contributed by atoms with E-state index >= 15 is 0 Å². The number of anilines is 1.